The minimum atomic E-state index is -0.0508. The zero-order valence-corrected chi connectivity index (χ0v) is 7.77. The molecule has 1 unspecified atom stereocenters. The van der Waals surface area contributed by atoms with Gasteiger partial charge in [0.05, 0.1) is 6.61 Å². The van der Waals surface area contributed by atoms with Crippen molar-refractivity contribution in [3.8, 4) is 0 Å². The largest absolute Gasteiger partial charge is 0.298 e. The molecule has 0 aliphatic carbocycles. The molecule has 14 heavy (non-hydrogen) atoms. The van der Waals surface area contributed by atoms with Gasteiger partial charge in [-0.2, -0.15) is 0 Å². The van der Waals surface area contributed by atoms with Crippen LogP contribution in [0.1, 0.15) is 12.8 Å². The van der Waals surface area contributed by atoms with Crippen molar-refractivity contribution in [1.82, 2.24) is 0 Å². The zero-order chi connectivity index (χ0) is 9.80. The topological polar surface area (TPSA) is 36.9 Å². The average Bonchev–Trinajstić information content (AvgIpc) is 2.72. The Morgan fingerprint density at radius 2 is 2.50 bits per heavy atom. The maximum atomic E-state index is 5.09. The summed E-state index contributed by atoms with van der Waals surface area (Å²) in [4.78, 5) is 19.7. The third-order valence-electron chi connectivity index (χ3n) is 2.10. The highest BCUT2D eigenvalue weighted by atomic mass is 17.2. The van der Waals surface area contributed by atoms with E-state index in [2.05, 4.69) is 6.58 Å². The highest BCUT2D eigenvalue weighted by Crippen LogP contribution is 2.26. The van der Waals surface area contributed by atoms with Crippen LogP contribution in [0.25, 0.3) is 0 Å². The van der Waals surface area contributed by atoms with Crippen molar-refractivity contribution in [2.75, 3.05) is 6.61 Å². The van der Waals surface area contributed by atoms with E-state index in [0.29, 0.717) is 13.0 Å². The van der Waals surface area contributed by atoms with Gasteiger partial charge in [-0.05, 0) is 6.08 Å². The molecule has 76 valence electrons. The Morgan fingerprint density at radius 3 is 3.21 bits per heavy atom. The molecule has 0 spiro atoms. The van der Waals surface area contributed by atoms with Crippen molar-refractivity contribution >= 4 is 0 Å². The van der Waals surface area contributed by atoms with Crippen molar-refractivity contribution < 1.29 is 19.6 Å². The smallest absolute Gasteiger partial charge is 0.165 e. The molecule has 4 heteroatoms. The van der Waals surface area contributed by atoms with Crippen LogP contribution < -0.4 is 0 Å². The standard InChI is InChI=1S/C10H12O4/c1-2-3-9-8(4-6-11-13-9)10-5-7-12-14-10/h2,4,6,10H,1,3,5,7H2. The van der Waals surface area contributed by atoms with Crippen LogP contribution in [0.5, 0.6) is 0 Å². The second kappa shape index (κ2) is 4.30. The Labute approximate surface area is 82.3 Å². The summed E-state index contributed by atoms with van der Waals surface area (Å²) in [7, 11) is 0. The molecular formula is C10H12O4. The number of hydrogen-bond donors (Lipinski definition) is 0. The highest BCUT2D eigenvalue weighted by Gasteiger charge is 2.26. The predicted octanol–water partition coefficient (Wildman–Crippen LogP) is 2.01. The first-order chi connectivity index (χ1) is 6.92. The van der Waals surface area contributed by atoms with Crippen LogP contribution in [0.3, 0.4) is 0 Å². The summed E-state index contributed by atoms with van der Waals surface area (Å²) >= 11 is 0. The summed E-state index contributed by atoms with van der Waals surface area (Å²) < 4.78 is 0. The van der Waals surface area contributed by atoms with Crippen LogP contribution in [-0.2, 0) is 19.6 Å². The molecule has 0 aromatic rings. The first-order valence-electron chi connectivity index (χ1n) is 4.54. The number of rotatable bonds is 3. The van der Waals surface area contributed by atoms with Crippen LogP contribution in [-0.4, -0.2) is 12.7 Å². The van der Waals surface area contributed by atoms with Gasteiger partial charge in [-0.25, -0.2) is 9.78 Å². The van der Waals surface area contributed by atoms with E-state index in [1.165, 1.54) is 6.26 Å². The summed E-state index contributed by atoms with van der Waals surface area (Å²) in [6.45, 7) is 4.27. The summed E-state index contributed by atoms with van der Waals surface area (Å²) in [5, 5.41) is 0. The molecule has 0 radical (unpaired) electrons. The second-order valence-electron chi connectivity index (χ2n) is 3.05. The molecule has 1 atom stereocenters. The maximum absolute atomic E-state index is 5.09. The van der Waals surface area contributed by atoms with Gasteiger partial charge in [-0.15, -0.1) is 6.58 Å². The van der Waals surface area contributed by atoms with Crippen LogP contribution in [0.2, 0.25) is 0 Å². The van der Waals surface area contributed by atoms with E-state index < -0.39 is 0 Å². The van der Waals surface area contributed by atoms with Gasteiger partial charge in [0, 0.05) is 18.4 Å². The molecule has 2 aliphatic rings. The Bertz CT molecular complexity index is 274. The third-order valence-corrected chi connectivity index (χ3v) is 2.10. The molecule has 0 aromatic carbocycles. The van der Waals surface area contributed by atoms with E-state index in [1.54, 1.807) is 6.08 Å². The minimum absolute atomic E-state index is 0.0508. The molecule has 2 rings (SSSR count). The lowest BCUT2D eigenvalue weighted by Gasteiger charge is -2.17. The Kier molecular flexibility index (Phi) is 2.86. The molecule has 0 saturated carbocycles. The van der Waals surface area contributed by atoms with Crippen LogP contribution in [0.4, 0.5) is 0 Å². The fourth-order valence-corrected chi connectivity index (χ4v) is 1.44. The molecule has 1 fully saturated rings. The van der Waals surface area contributed by atoms with E-state index >= 15 is 0 Å². The molecular weight excluding hydrogens is 184 g/mol. The van der Waals surface area contributed by atoms with Crippen LogP contribution in [0, 0.1) is 0 Å². The van der Waals surface area contributed by atoms with Crippen molar-refractivity contribution in [1.29, 1.82) is 0 Å². The second-order valence-corrected chi connectivity index (χ2v) is 3.05. The molecule has 1 saturated heterocycles. The average molecular weight is 196 g/mol. The lowest BCUT2D eigenvalue weighted by atomic mass is 10.0. The lowest BCUT2D eigenvalue weighted by molar-refractivity contribution is -0.269. The van der Waals surface area contributed by atoms with Crippen LogP contribution in [0.15, 0.2) is 36.3 Å². The van der Waals surface area contributed by atoms with E-state index in [0.717, 1.165) is 17.8 Å². The van der Waals surface area contributed by atoms with Crippen LogP contribution >= 0.6 is 0 Å². The molecule has 0 amide bonds. The maximum Gasteiger partial charge on any atom is 0.165 e. The molecule has 2 aliphatic heterocycles. The summed E-state index contributed by atoms with van der Waals surface area (Å²) in [5.74, 6) is 0.734. The zero-order valence-electron chi connectivity index (χ0n) is 7.77. The molecule has 4 nitrogen and oxygen atoms in total. The monoisotopic (exact) mass is 196 g/mol. The fraction of sp³-hybridized carbons (Fsp3) is 0.400. The van der Waals surface area contributed by atoms with Crippen molar-refractivity contribution in [2.24, 2.45) is 0 Å². The van der Waals surface area contributed by atoms with Gasteiger partial charge in [0.15, 0.2) is 5.76 Å². The molecule has 0 aromatic heterocycles. The van der Waals surface area contributed by atoms with Crippen molar-refractivity contribution in [3.63, 3.8) is 0 Å². The van der Waals surface area contributed by atoms with Gasteiger partial charge in [0.1, 0.15) is 12.4 Å². The molecule has 2 heterocycles. The number of hydrogen-bond acceptors (Lipinski definition) is 4. The lowest BCUT2D eigenvalue weighted by Crippen LogP contribution is -2.13. The number of allylic oxidation sites excluding steroid dienone is 1. The van der Waals surface area contributed by atoms with Gasteiger partial charge >= 0.3 is 0 Å². The normalized spacial score (nSPS) is 25.9. The van der Waals surface area contributed by atoms with E-state index in [4.69, 9.17) is 19.6 Å². The van der Waals surface area contributed by atoms with E-state index in [1.807, 2.05) is 6.08 Å². The first-order valence-corrected chi connectivity index (χ1v) is 4.54. The highest BCUT2D eigenvalue weighted by molar-refractivity contribution is 5.28. The summed E-state index contributed by atoms with van der Waals surface area (Å²) in [5.41, 5.74) is 0.966. The van der Waals surface area contributed by atoms with Gasteiger partial charge in [-0.3, -0.25) is 9.78 Å². The first kappa shape index (κ1) is 9.30. The van der Waals surface area contributed by atoms with Gasteiger partial charge in [0.25, 0.3) is 0 Å². The quantitative estimate of drug-likeness (QED) is 0.511. The van der Waals surface area contributed by atoms with Gasteiger partial charge in [0.2, 0.25) is 0 Å². The van der Waals surface area contributed by atoms with Crippen molar-refractivity contribution in [3.05, 3.63) is 36.3 Å². The van der Waals surface area contributed by atoms with Gasteiger partial charge < -0.3 is 0 Å². The summed E-state index contributed by atoms with van der Waals surface area (Å²) in [6, 6.07) is 0. The summed E-state index contributed by atoms with van der Waals surface area (Å²) in [6.07, 6.45) is 6.49. The molecule has 0 bridgehead atoms. The van der Waals surface area contributed by atoms with Crippen molar-refractivity contribution in [2.45, 2.75) is 18.9 Å². The Balaban J connectivity index is 2.17. The predicted molar refractivity (Wildman–Crippen MR) is 48.6 cm³/mol. The Hall–Kier alpha value is -1.26. The SMILES string of the molecule is C=CCC1=C(C2CCOO2)C=COO1. The third kappa shape index (κ3) is 1.81. The Morgan fingerprint density at radius 1 is 1.57 bits per heavy atom. The molecule has 0 N–H and O–H groups in total. The van der Waals surface area contributed by atoms with E-state index in [-0.39, 0.29) is 6.10 Å². The fourth-order valence-electron chi connectivity index (χ4n) is 1.44. The minimum Gasteiger partial charge on any atom is -0.298 e. The van der Waals surface area contributed by atoms with E-state index in [9.17, 15) is 0 Å². The van der Waals surface area contributed by atoms with Gasteiger partial charge in [-0.1, -0.05) is 6.08 Å².